The molecule has 0 bridgehead atoms. The van der Waals surface area contributed by atoms with E-state index in [4.69, 9.17) is 15.7 Å². The van der Waals surface area contributed by atoms with Crippen molar-refractivity contribution in [2.75, 3.05) is 18.4 Å². The van der Waals surface area contributed by atoms with Crippen molar-refractivity contribution in [3.63, 3.8) is 0 Å². The predicted molar refractivity (Wildman–Crippen MR) is 162 cm³/mol. The summed E-state index contributed by atoms with van der Waals surface area (Å²) in [6.07, 6.45) is 12.6. The highest BCUT2D eigenvalue weighted by molar-refractivity contribution is 5.89. The third-order valence-electron chi connectivity index (χ3n) is 7.04. The SMILES string of the molecule is NCCCCCCCCCCCCNc1nc(-c2ccccc2)nc(-c2ccc(F)cc2)c1-c1ccccc1. The quantitative estimate of drug-likeness (QED) is 0.144. The molecule has 0 aliphatic carbocycles. The van der Waals surface area contributed by atoms with Crippen LogP contribution in [-0.4, -0.2) is 23.1 Å². The summed E-state index contributed by atoms with van der Waals surface area (Å²) in [5, 5.41) is 3.64. The van der Waals surface area contributed by atoms with Crippen LogP contribution in [0.25, 0.3) is 33.8 Å². The van der Waals surface area contributed by atoms with Crippen molar-refractivity contribution >= 4 is 5.82 Å². The molecule has 4 nitrogen and oxygen atoms in total. The monoisotopic (exact) mass is 524 g/mol. The van der Waals surface area contributed by atoms with E-state index in [2.05, 4.69) is 17.4 Å². The van der Waals surface area contributed by atoms with Gasteiger partial charge < -0.3 is 11.1 Å². The van der Waals surface area contributed by atoms with Crippen molar-refractivity contribution in [3.8, 4) is 33.8 Å². The number of aromatic nitrogens is 2. The number of rotatable bonds is 16. The van der Waals surface area contributed by atoms with Crippen LogP contribution in [0.4, 0.5) is 10.2 Å². The van der Waals surface area contributed by atoms with E-state index in [9.17, 15) is 4.39 Å². The Labute approximate surface area is 232 Å². The molecule has 0 fully saturated rings. The van der Waals surface area contributed by atoms with Crippen LogP contribution in [0.3, 0.4) is 0 Å². The zero-order valence-corrected chi connectivity index (χ0v) is 22.9. The summed E-state index contributed by atoms with van der Waals surface area (Å²) in [5.41, 5.74) is 10.2. The Balaban J connectivity index is 1.48. The summed E-state index contributed by atoms with van der Waals surface area (Å²) < 4.78 is 13.8. The third-order valence-corrected chi connectivity index (χ3v) is 7.04. The second-order valence-corrected chi connectivity index (χ2v) is 10.1. The van der Waals surface area contributed by atoms with Gasteiger partial charge in [-0.25, -0.2) is 14.4 Å². The van der Waals surface area contributed by atoms with Gasteiger partial charge in [0, 0.05) is 17.7 Å². The van der Waals surface area contributed by atoms with Crippen LogP contribution in [-0.2, 0) is 0 Å². The van der Waals surface area contributed by atoms with E-state index in [0.29, 0.717) is 5.82 Å². The van der Waals surface area contributed by atoms with E-state index in [1.807, 2.05) is 48.5 Å². The maximum absolute atomic E-state index is 13.8. The van der Waals surface area contributed by atoms with Crippen LogP contribution in [0.5, 0.6) is 0 Å². The molecule has 3 N–H and O–H groups in total. The van der Waals surface area contributed by atoms with Crippen LogP contribution in [0.15, 0.2) is 84.9 Å². The molecule has 4 aromatic rings. The standard InChI is InChI=1S/C34H41FN4/c35-30-23-21-28(22-24-30)32-31(27-17-11-9-12-18-27)34(39-33(38-32)29-19-13-10-14-20-29)37-26-16-8-6-4-2-1-3-5-7-15-25-36/h9-14,17-24H,1-8,15-16,25-26,36H2,(H,37,38,39). The number of hydrogen-bond acceptors (Lipinski definition) is 4. The molecule has 0 amide bonds. The zero-order valence-electron chi connectivity index (χ0n) is 22.9. The van der Waals surface area contributed by atoms with Gasteiger partial charge in [0.2, 0.25) is 0 Å². The highest BCUT2D eigenvalue weighted by Gasteiger charge is 2.18. The molecular weight excluding hydrogens is 483 g/mol. The molecule has 1 heterocycles. The van der Waals surface area contributed by atoms with Gasteiger partial charge in [0.1, 0.15) is 11.6 Å². The molecule has 1 aromatic heterocycles. The second kappa shape index (κ2) is 15.7. The van der Waals surface area contributed by atoms with Crippen molar-refractivity contribution in [2.45, 2.75) is 64.2 Å². The van der Waals surface area contributed by atoms with E-state index < -0.39 is 0 Å². The van der Waals surface area contributed by atoms with Gasteiger partial charge in [-0.15, -0.1) is 0 Å². The van der Waals surface area contributed by atoms with Gasteiger partial charge in [0.15, 0.2) is 5.82 Å². The number of unbranched alkanes of at least 4 members (excludes halogenated alkanes) is 9. The fourth-order valence-corrected chi connectivity index (χ4v) is 4.89. The zero-order chi connectivity index (χ0) is 27.1. The smallest absolute Gasteiger partial charge is 0.162 e. The first kappa shape index (κ1) is 28.4. The van der Waals surface area contributed by atoms with E-state index in [0.717, 1.165) is 59.7 Å². The van der Waals surface area contributed by atoms with Crippen LogP contribution in [0, 0.1) is 5.82 Å². The average molecular weight is 525 g/mol. The minimum absolute atomic E-state index is 0.262. The number of nitrogens with two attached hydrogens (primary N) is 1. The largest absolute Gasteiger partial charge is 0.369 e. The van der Waals surface area contributed by atoms with Crippen LogP contribution in [0.2, 0.25) is 0 Å². The lowest BCUT2D eigenvalue weighted by molar-refractivity contribution is 0.556. The maximum atomic E-state index is 13.8. The molecule has 4 rings (SSSR count). The Kier molecular flexibility index (Phi) is 11.5. The van der Waals surface area contributed by atoms with E-state index in [1.54, 1.807) is 12.1 Å². The molecule has 5 heteroatoms. The lowest BCUT2D eigenvalue weighted by Gasteiger charge is -2.17. The molecule has 0 atom stereocenters. The number of benzene rings is 3. The molecule has 0 aliphatic heterocycles. The van der Waals surface area contributed by atoms with Crippen molar-refractivity contribution in [1.29, 1.82) is 0 Å². The molecule has 0 radical (unpaired) electrons. The average Bonchev–Trinajstić information content (AvgIpc) is 2.98. The first-order valence-electron chi connectivity index (χ1n) is 14.5. The third kappa shape index (κ3) is 8.72. The molecule has 0 unspecified atom stereocenters. The Morgan fingerprint density at radius 2 is 1.10 bits per heavy atom. The fourth-order valence-electron chi connectivity index (χ4n) is 4.89. The van der Waals surface area contributed by atoms with Gasteiger partial charge in [0.05, 0.1) is 11.3 Å². The fraction of sp³-hybridized carbons (Fsp3) is 0.353. The van der Waals surface area contributed by atoms with Crippen molar-refractivity contribution in [3.05, 3.63) is 90.7 Å². The maximum Gasteiger partial charge on any atom is 0.162 e. The van der Waals surface area contributed by atoms with Crippen molar-refractivity contribution in [2.24, 2.45) is 5.73 Å². The Morgan fingerprint density at radius 1 is 0.564 bits per heavy atom. The summed E-state index contributed by atoms with van der Waals surface area (Å²) in [6.45, 7) is 1.66. The number of anilines is 1. The number of halogens is 1. The minimum atomic E-state index is -0.262. The summed E-state index contributed by atoms with van der Waals surface area (Å²) in [6, 6.07) is 26.8. The number of nitrogens with zero attached hydrogens (tertiary/aromatic N) is 2. The highest BCUT2D eigenvalue weighted by atomic mass is 19.1. The Morgan fingerprint density at radius 3 is 1.69 bits per heavy atom. The molecule has 39 heavy (non-hydrogen) atoms. The van der Waals surface area contributed by atoms with Crippen molar-refractivity contribution < 1.29 is 4.39 Å². The summed E-state index contributed by atoms with van der Waals surface area (Å²) >= 11 is 0. The normalized spacial score (nSPS) is 11.0. The molecular formula is C34H41FN4. The van der Waals surface area contributed by atoms with Gasteiger partial charge in [-0.1, -0.05) is 112 Å². The van der Waals surface area contributed by atoms with Gasteiger partial charge in [-0.3, -0.25) is 0 Å². The van der Waals surface area contributed by atoms with Crippen molar-refractivity contribution in [1.82, 2.24) is 9.97 Å². The van der Waals surface area contributed by atoms with E-state index in [1.165, 1.54) is 63.5 Å². The summed E-state index contributed by atoms with van der Waals surface area (Å²) in [7, 11) is 0. The van der Waals surface area contributed by atoms with Gasteiger partial charge in [0.25, 0.3) is 0 Å². The molecule has 3 aromatic carbocycles. The van der Waals surface area contributed by atoms with Crippen LogP contribution in [0.1, 0.15) is 64.2 Å². The topological polar surface area (TPSA) is 63.8 Å². The molecule has 204 valence electrons. The van der Waals surface area contributed by atoms with Gasteiger partial charge in [-0.2, -0.15) is 0 Å². The summed E-state index contributed by atoms with van der Waals surface area (Å²) in [4.78, 5) is 10.0. The van der Waals surface area contributed by atoms with E-state index in [-0.39, 0.29) is 5.82 Å². The number of nitrogens with one attached hydrogen (secondary N) is 1. The van der Waals surface area contributed by atoms with Gasteiger partial charge in [-0.05, 0) is 49.2 Å². The molecule has 0 saturated heterocycles. The lowest BCUT2D eigenvalue weighted by atomic mass is 9.99. The molecule has 0 aliphatic rings. The lowest BCUT2D eigenvalue weighted by Crippen LogP contribution is -2.08. The minimum Gasteiger partial charge on any atom is -0.369 e. The first-order valence-corrected chi connectivity index (χ1v) is 14.5. The van der Waals surface area contributed by atoms with E-state index >= 15 is 0 Å². The molecule has 0 saturated carbocycles. The predicted octanol–water partition coefficient (Wildman–Crippen LogP) is 8.89. The Bertz CT molecular complexity index is 1240. The van der Waals surface area contributed by atoms with Crippen LogP contribution >= 0.6 is 0 Å². The first-order chi connectivity index (χ1) is 19.3. The number of hydrogen-bond donors (Lipinski definition) is 2. The summed E-state index contributed by atoms with van der Waals surface area (Å²) in [5.74, 6) is 1.21. The highest BCUT2D eigenvalue weighted by Crippen LogP contribution is 2.37. The van der Waals surface area contributed by atoms with Gasteiger partial charge >= 0.3 is 0 Å². The van der Waals surface area contributed by atoms with Crippen LogP contribution < -0.4 is 11.1 Å². The molecule has 0 spiro atoms. The second-order valence-electron chi connectivity index (χ2n) is 10.1. The Hall–Kier alpha value is -3.57.